The summed E-state index contributed by atoms with van der Waals surface area (Å²) in [7, 11) is 0. The monoisotopic (exact) mass is 350 g/mol. The van der Waals surface area contributed by atoms with Gasteiger partial charge in [-0.25, -0.2) is 0 Å². The maximum Gasteiger partial charge on any atom is 0.252 e. The zero-order valence-corrected chi connectivity index (χ0v) is 14.7. The molecule has 0 saturated carbocycles. The summed E-state index contributed by atoms with van der Waals surface area (Å²) in [4.78, 5) is 17.1. The van der Waals surface area contributed by atoms with Crippen molar-refractivity contribution < 1.29 is 4.79 Å². The highest BCUT2D eigenvalue weighted by molar-refractivity contribution is 7.80. The Morgan fingerprint density at radius 2 is 2.05 bits per heavy atom. The molecule has 1 amide bonds. The van der Waals surface area contributed by atoms with Crippen LogP contribution in [-0.4, -0.2) is 22.5 Å². The molecule has 22 heavy (non-hydrogen) atoms. The van der Waals surface area contributed by atoms with Crippen LogP contribution >= 0.6 is 35.2 Å². The Labute approximate surface area is 144 Å². The SMILES string of the molecule is Cc1ccc(N2C(=O)CN(Cc3sccc3C)C2=S)cc1Cl. The summed E-state index contributed by atoms with van der Waals surface area (Å²) < 4.78 is 0. The van der Waals surface area contributed by atoms with Gasteiger partial charge in [-0.3, -0.25) is 9.69 Å². The third-order valence-corrected chi connectivity index (χ3v) is 5.61. The van der Waals surface area contributed by atoms with Crippen LogP contribution in [0.5, 0.6) is 0 Å². The molecule has 0 spiro atoms. The first kappa shape index (κ1) is 15.5. The molecule has 0 unspecified atom stereocenters. The van der Waals surface area contributed by atoms with Gasteiger partial charge >= 0.3 is 0 Å². The molecule has 6 heteroatoms. The zero-order chi connectivity index (χ0) is 15.9. The molecule has 114 valence electrons. The van der Waals surface area contributed by atoms with Crippen molar-refractivity contribution in [3.63, 3.8) is 0 Å². The molecule has 1 aromatic carbocycles. The first-order valence-corrected chi connectivity index (χ1v) is 8.55. The Bertz CT molecular complexity index is 756. The second-order valence-electron chi connectivity index (χ2n) is 5.33. The van der Waals surface area contributed by atoms with Gasteiger partial charge in [0.1, 0.15) is 6.54 Å². The number of halogens is 1. The number of aryl methyl sites for hydroxylation is 2. The molecule has 2 heterocycles. The first-order valence-electron chi connectivity index (χ1n) is 6.88. The third-order valence-electron chi connectivity index (χ3n) is 3.75. The first-order chi connectivity index (χ1) is 10.5. The normalized spacial score (nSPS) is 15.0. The minimum atomic E-state index is -0.0147. The molecule has 0 aliphatic carbocycles. The molecular formula is C16H15ClN2OS2. The van der Waals surface area contributed by atoms with Gasteiger partial charge < -0.3 is 4.90 Å². The quantitative estimate of drug-likeness (QED) is 0.777. The van der Waals surface area contributed by atoms with Gasteiger partial charge in [-0.2, -0.15) is 0 Å². The summed E-state index contributed by atoms with van der Waals surface area (Å²) in [5, 5.41) is 3.24. The number of thiophene rings is 1. The van der Waals surface area contributed by atoms with Crippen molar-refractivity contribution in [3.05, 3.63) is 50.7 Å². The van der Waals surface area contributed by atoms with Crippen LogP contribution in [0.25, 0.3) is 0 Å². The third kappa shape index (κ3) is 2.76. The zero-order valence-electron chi connectivity index (χ0n) is 12.3. The molecule has 1 aliphatic rings. The number of carbonyl (C=O) groups excluding carboxylic acids is 1. The van der Waals surface area contributed by atoms with Gasteiger partial charge in [-0.05, 0) is 60.8 Å². The predicted molar refractivity (Wildman–Crippen MR) is 95.7 cm³/mol. The lowest BCUT2D eigenvalue weighted by atomic mass is 10.2. The fourth-order valence-electron chi connectivity index (χ4n) is 2.39. The van der Waals surface area contributed by atoms with Crippen molar-refractivity contribution in [2.24, 2.45) is 0 Å². The van der Waals surface area contributed by atoms with Gasteiger partial charge in [0.15, 0.2) is 5.11 Å². The Morgan fingerprint density at radius 1 is 1.27 bits per heavy atom. The van der Waals surface area contributed by atoms with Crippen molar-refractivity contribution >= 4 is 51.9 Å². The van der Waals surface area contributed by atoms with Crippen LogP contribution in [0.4, 0.5) is 5.69 Å². The van der Waals surface area contributed by atoms with Crippen LogP contribution in [-0.2, 0) is 11.3 Å². The number of nitrogens with zero attached hydrogens (tertiary/aromatic N) is 2. The van der Waals surface area contributed by atoms with E-state index >= 15 is 0 Å². The lowest BCUT2D eigenvalue weighted by molar-refractivity contribution is -0.116. The Hall–Kier alpha value is -1.43. The fraction of sp³-hybridized carbons (Fsp3) is 0.250. The Morgan fingerprint density at radius 3 is 2.68 bits per heavy atom. The fourth-order valence-corrected chi connectivity index (χ4v) is 3.82. The molecule has 0 atom stereocenters. The number of carbonyl (C=O) groups is 1. The minimum Gasteiger partial charge on any atom is -0.334 e. The van der Waals surface area contributed by atoms with E-state index in [1.54, 1.807) is 22.3 Å². The van der Waals surface area contributed by atoms with Crippen LogP contribution < -0.4 is 4.90 Å². The van der Waals surface area contributed by atoms with Gasteiger partial charge in [0.2, 0.25) is 0 Å². The average molecular weight is 351 g/mol. The van der Waals surface area contributed by atoms with Crippen molar-refractivity contribution in [1.29, 1.82) is 0 Å². The molecule has 3 rings (SSSR count). The van der Waals surface area contributed by atoms with Crippen molar-refractivity contribution in [2.45, 2.75) is 20.4 Å². The molecule has 0 bridgehead atoms. The van der Waals surface area contributed by atoms with Crippen LogP contribution in [0.3, 0.4) is 0 Å². The summed E-state index contributed by atoms with van der Waals surface area (Å²) in [5.41, 5.74) is 2.95. The summed E-state index contributed by atoms with van der Waals surface area (Å²) in [6.07, 6.45) is 0. The smallest absolute Gasteiger partial charge is 0.252 e. The van der Waals surface area contributed by atoms with Crippen molar-refractivity contribution in [3.8, 4) is 0 Å². The highest BCUT2D eigenvalue weighted by atomic mass is 35.5. The Balaban J connectivity index is 1.85. The standard InChI is InChI=1S/C16H15ClN2OS2/c1-10-3-4-12(7-13(10)17)19-15(20)9-18(16(19)21)8-14-11(2)5-6-22-14/h3-7H,8-9H2,1-2H3. The topological polar surface area (TPSA) is 23.6 Å². The largest absolute Gasteiger partial charge is 0.334 e. The van der Waals surface area contributed by atoms with E-state index in [1.165, 1.54) is 10.4 Å². The van der Waals surface area contributed by atoms with Crippen molar-refractivity contribution in [2.75, 3.05) is 11.4 Å². The molecule has 2 aromatic rings. The molecule has 1 saturated heterocycles. The van der Waals surface area contributed by atoms with Gasteiger partial charge in [0.05, 0.1) is 12.2 Å². The van der Waals surface area contributed by atoms with Gasteiger partial charge in [0, 0.05) is 9.90 Å². The predicted octanol–water partition coefficient (Wildman–Crippen LogP) is 4.15. The summed E-state index contributed by atoms with van der Waals surface area (Å²) in [6, 6.07) is 7.66. The number of amides is 1. The van der Waals surface area contributed by atoms with E-state index in [0.717, 1.165) is 11.3 Å². The van der Waals surface area contributed by atoms with E-state index in [1.807, 2.05) is 24.0 Å². The molecule has 0 radical (unpaired) electrons. The second-order valence-corrected chi connectivity index (χ2v) is 7.10. The highest BCUT2D eigenvalue weighted by Crippen LogP contribution is 2.28. The van der Waals surface area contributed by atoms with Gasteiger partial charge in [-0.1, -0.05) is 17.7 Å². The molecular weight excluding hydrogens is 336 g/mol. The van der Waals surface area contributed by atoms with Gasteiger partial charge in [-0.15, -0.1) is 11.3 Å². The number of hydrogen-bond acceptors (Lipinski definition) is 3. The molecule has 1 aliphatic heterocycles. The number of thiocarbonyl (C=S) groups is 1. The van der Waals surface area contributed by atoms with Crippen LogP contribution in [0.15, 0.2) is 29.6 Å². The lowest BCUT2D eigenvalue weighted by Gasteiger charge is -2.20. The van der Waals surface area contributed by atoms with E-state index in [2.05, 4.69) is 18.4 Å². The van der Waals surface area contributed by atoms with Crippen LogP contribution in [0.1, 0.15) is 16.0 Å². The number of anilines is 1. The molecule has 1 fully saturated rings. The maximum absolute atomic E-state index is 12.4. The summed E-state index contributed by atoms with van der Waals surface area (Å²) in [6.45, 7) is 4.98. The van der Waals surface area contributed by atoms with E-state index in [9.17, 15) is 4.79 Å². The second kappa shape index (κ2) is 5.99. The lowest BCUT2D eigenvalue weighted by Crippen LogP contribution is -2.32. The van der Waals surface area contributed by atoms with Crippen molar-refractivity contribution in [1.82, 2.24) is 4.90 Å². The summed E-state index contributed by atoms with van der Waals surface area (Å²) in [5.74, 6) is -0.0147. The average Bonchev–Trinajstić information content (AvgIpc) is 2.99. The van der Waals surface area contributed by atoms with Crippen LogP contribution in [0, 0.1) is 13.8 Å². The van der Waals surface area contributed by atoms with E-state index in [0.29, 0.717) is 23.2 Å². The minimum absolute atomic E-state index is 0.0147. The van der Waals surface area contributed by atoms with Crippen LogP contribution in [0.2, 0.25) is 5.02 Å². The number of benzene rings is 1. The molecule has 0 N–H and O–H groups in total. The summed E-state index contributed by atoms with van der Waals surface area (Å²) >= 11 is 13.4. The number of rotatable bonds is 3. The number of hydrogen-bond donors (Lipinski definition) is 0. The van der Waals surface area contributed by atoms with E-state index < -0.39 is 0 Å². The van der Waals surface area contributed by atoms with E-state index in [4.69, 9.17) is 23.8 Å². The highest BCUT2D eigenvalue weighted by Gasteiger charge is 2.34. The van der Waals surface area contributed by atoms with E-state index in [-0.39, 0.29) is 5.91 Å². The van der Waals surface area contributed by atoms with Gasteiger partial charge in [0.25, 0.3) is 5.91 Å². The molecule has 3 nitrogen and oxygen atoms in total. The molecule has 1 aromatic heterocycles. The maximum atomic E-state index is 12.4. The Kier molecular flexibility index (Phi) is 4.21.